The Morgan fingerprint density at radius 1 is 1.24 bits per heavy atom. The summed E-state index contributed by atoms with van der Waals surface area (Å²) in [5.41, 5.74) is 0.900. The van der Waals surface area contributed by atoms with Crippen molar-refractivity contribution in [1.82, 2.24) is 0 Å². The minimum atomic E-state index is -3.13. The molecule has 4 heteroatoms. The molecule has 1 saturated carbocycles. The van der Waals surface area contributed by atoms with Gasteiger partial charge < -0.3 is 0 Å². The monoisotopic (exact) mass is 252 g/mol. The van der Waals surface area contributed by atoms with Crippen molar-refractivity contribution in [3.05, 3.63) is 29.8 Å². The second kappa shape index (κ2) is 4.61. The van der Waals surface area contributed by atoms with Crippen molar-refractivity contribution in [2.24, 2.45) is 5.92 Å². The number of ketones is 1. The maximum absolute atomic E-state index is 11.6. The van der Waals surface area contributed by atoms with Crippen LogP contribution in [0, 0.1) is 5.92 Å². The number of hydrogen-bond acceptors (Lipinski definition) is 3. The molecule has 0 saturated heterocycles. The van der Waals surface area contributed by atoms with Gasteiger partial charge in [0.25, 0.3) is 0 Å². The third kappa shape index (κ3) is 2.94. The van der Waals surface area contributed by atoms with Crippen molar-refractivity contribution in [2.45, 2.75) is 31.1 Å². The van der Waals surface area contributed by atoms with Gasteiger partial charge >= 0.3 is 0 Å². The zero-order valence-electron chi connectivity index (χ0n) is 9.85. The van der Waals surface area contributed by atoms with E-state index in [0.717, 1.165) is 18.4 Å². The normalized spacial score (nSPS) is 15.8. The third-order valence-electron chi connectivity index (χ3n) is 3.07. The number of carbonyl (C=O) groups excluding carboxylic acids is 1. The van der Waals surface area contributed by atoms with E-state index in [0.29, 0.717) is 11.3 Å². The van der Waals surface area contributed by atoms with Crippen LogP contribution in [0.2, 0.25) is 0 Å². The van der Waals surface area contributed by atoms with Crippen LogP contribution in [0.4, 0.5) is 0 Å². The van der Waals surface area contributed by atoms with E-state index < -0.39 is 9.84 Å². The first kappa shape index (κ1) is 12.3. The molecular weight excluding hydrogens is 236 g/mol. The predicted octanol–water partition coefficient (Wildman–Crippen LogP) is 2.00. The van der Waals surface area contributed by atoms with E-state index in [1.54, 1.807) is 31.2 Å². The largest absolute Gasteiger partial charge is 0.299 e. The van der Waals surface area contributed by atoms with Crippen LogP contribution in [0.3, 0.4) is 0 Å². The van der Waals surface area contributed by atoms with E-state index in [-0.39, 0.29) is 17.5 Å². The van der Waals surface area contributed by atoms with E-state index in [1.165, 1.54) is 0 Å². The summed E-state index contributed by atoms with van der Waals surface area (Å²) in [4.78, 5) is 11.9. The minimum Gasteiger partial charge on any atom is -0.299 e. The molecule has 0 N–H and O–H groups in total. The highest BCUT2D eigenvalue weighted by atomic mass is 32.2. The Hall–Kier alpha value is -1.16. The molecular formula is C13H16O3S. The molecule has 1 aromatic rings. The number of benzene rings is 1. The fourth-order valence-corrected chi connectivity index (χ4v) is 2.62. The number of Topliss-reactive ketones (excluding diaryl/α,β-unsaturated/α-hetero) is 1. The van der Waals surface area contributed by atoms with E-state index >= 15 is 0 Å². The average Bonchev–Trinajstić information content (AvgIpc) is 3.13. The first-order valence-electron chi connectivity index (χ1n) is 5.87. The highest BCUT2D eigenvalue weighted by Crippen LogP contribution is 2.31. The first-order chi connectivity index (χ1) is 8.03. The van der Waals surface area contributed by atoms with Crippen LogP contribution in [0.25, 0.3) is 0 Å². The summed E-state index contributed by atoms with van der Waals surface area (Å²) in [5.74, 6) is 0.637. The molecule has 1 aromatic carbocycles. The Balaban J connectivity index is 2.10. The number of carbonyl (C=O) groups is 1. The Bertz CT molecular complexity index is 510. The van der Waals surface area contributed by atoms with Gasteiger partial charge in [-0.2, -0.15) is 0 Å². The zero-order valence-corrected chi connectivity index (χ0v) is 10.7. The van der Waals surface area contributed by atoms with E-state index in [1.807, 2.05) is 0 Å². The zero-order chi connectivity index (χ0) is 12.5. The quantitative estimate of drug-likeness (QED) is 0.805. The second-order valence-electron chi connectivity index (χ2n) is 4.46. The van der Waals surface area contributed by atoms with Crippen molar-refractivity contribution < 1.29 is 13.2 Å². The smallest absolute Gasteiger partial charge is 0.178 e. The van der Waals surface area contributed by atoms with Crippen LogP contribution in [-0.2, 0) is 21.1 Å². The van der Waals surface area contributed by atoms with Gasteiger partial charge in [0.2, 0.25) is 0 Å². The van der Waals surface area contributed by atoms with Gasteiger partial charge in [0, 0.05) is 12.3 Å². The Morgan fingerprint density at radius 2 is 1.82 bits per heavy atom. The number of hydrogen-bond donors (Lipinski definition) is 0. The maximum atomic E-state index is 11.6. The molecule has 0 spiro atoms. The van der Waals surface area contributed by atoms with Gasteiger partial charge in [-0.1, -0.05) is 19.1 Å². The predicted molar refractivity (Wildman–Crippen MR) is 65.6 cm³/mol. The topological polar surface area (TPSA) is 51.2 Å². The molecule has 17 heavy (non-hydrogen) atoms. The molecule has 1 aliphatic rings. The van der Waals surface area contributed by atoms with Crippen molar-refractivity contribution >= 4 is 15.6 Å². The summed E-state index contributed by atoms with van der Waals surface area (Å²) in [6, 6.07) is 6.66. The van der Waals surface area contributed by atoms with Crippen molar-refractivity contribution in [2.75, 3.05) is 5.75 Å². The lowest BCUT2D eigenvalue weighted by Gasteiger charge is -2.03. The molecule has 0 aromatic heterocycles. The fourth-order valence-electron chi connectivity index (χ4n) is 1.73. The van der Waals surface area contributed by atoms with Gasteiger partial charge in [-0.25, -0.2) is 8.42 Å². The summed E-state index contributed by atoms with van der Waals surface area (Å²) in [6.45, 7) is 1.62. The fraction of sp³-hybridized carbons (Fsp3) is 0.462. The molecule has 2 rings (SSSR count). The molecule has 0 aliphatic heterocycles. The first-order valence-corrected chi connectivity index (χ1v) is 7.52. The highest BCUT2D eigenvalue weighted by Gasteiger charge is 2.29. The van der Waals surface area contributed by atoms with E-state index in [9.17, 15) is 13.2 Å². The standard InChI is InChI=1S/C13H16O3S/c1-2-17(15,16)12-7-3-10(4-8-12)9-13(14)11-5-6-11/h3-4,7-8,11H,2,5-6,9H2,1H3. The molecule has 0 amide bonds. The van der Waals surface area contributed by atoms with Crippen LogP contribution in [0.5, 0.6) is 0 Å². The summed E-state index contributed by atoms with van der Waals surface area (Å²) >= 11 is 0. The van der Waals surface area contributed by atoms with Gasteiger partial charge in [0.05, 0.1) is 10.6 Å². The summed E-state index contributed by atoms with van der Waals surface area (Å²) in [7, 11) is -3.13. The number of sulfone groups is 1. The van der Waals surface area contributed by atoms with Crippen molar-refractivity contribution in [1.29, 1.82) is 0 Å². The van der Waals surface area contributed by atoms with Crippen LogP contribution < -0.4 is 0 Å². The molecule has 3 nitrogen and oxygen atoms in total. The molecule has 0 heterocycles. The van der Waals surface area contributed by atoms with Crippen molar-refractivity contribution in [3.8, 4) is 0 Å². The van der Waals surface area contributed by atoms with Gasteiger partial charge in [0.15, 0.2) is 9.84 Å². The lowest BCUT2D eigenvalue weighted by molar-refractivity contribution is -0.119. The highest BCUT2D eigenvalue weighted by molar-refractivity contribution is 7.91. The van der Waals surface area contributed by atoms with Gasteiger partial charge in [-0.3, -0.25) is 4.79 Å². The molecule has 1 aliphatic carbocycles. The van der Waals surface area contributed by atoms with Crippen LogP contribution in [0.15, 0.2) is 29.2 Å². The SMILES string of the molecule is CCS(=O)(=O)c1ccc(CC(=O)C2CC2)cc1. The third-order valence-corrected chi connectivity index (χ3v) is 4.82. The Kier molecular flexibility index (Phi) is 3.33. The second-order valence-corrected chi connectivity index (χ2v) is 6.74. The van der Waals surface area contributed by atoms with E-state index in [4.69, 9.17) is 0 Å². The molecule has 0 unspecified atom stereocenters. The summed E-state index contributed by atoms with van der Waals surface area (Å²) in [5, 5.41) is 0. The molecule has 0 radical (unpaired) electrons. The van der Waals surface area contributed by atoms with Crippen LogP contribution in [0.1, 0.15) is 25.3 Å². The van der Waals surface area contributed by atoms with Gasteiger partial charge in [-0.15, -0.1) is 0 Å². The molecule has 1 fully saturated rings. The Morgan fingerprint density at radius 3 is 2.29 bits per heavy atom. The van der Waals surface area contributed by atoms with Crippen LogP contribution >= 0.6 is 0 Å². The lowest BCUT2D eigenvalue weighted by atomic mass is 10.1. The maximum Gasteiger partial charge on any atom is 0.178 e. The van der Waals surface area contributed by atoms with Crippen LogP contribution in [-0.4, -0.2) is 20.0 Å². The molecule has 0 atom stereocenters. The van der Waals surface area contributed by atoms with Gasteiger partial charge in [0.1, 0.15) is 5.78 Å². The molecule has 92 valence electrons. The lowest BCUT2D eigenvalue weighted by Crippen LogP contribution is -2.06. The van der Waals surface area contributed by atoms with E-state index in [2.05, 4.69) is 0 Å². The summed E-state index contributed by atoms with van der Waals surface area (Å²) < 4.78 is 23.2. The molecule has 0 bridgehead atoms. The average molecular weight is 252 g/mol. The summed E-state index contributed by atoms with van der Waals surface area (Å²) in [6.07, 6.45) is 2.46. The number of rotatable bonds is 5. The van der Waals surface area contributed by atoms with Gasteiger partial charge in [-0.05, 0) is 30.5 Å². The Labute approximate surface area is 102 Å². The minimum absolute atomic E-state index is 0.105. The van der Waals surface area contributed by atoms with Crippen molar-refractivity contribution in [3.63, 3.8) is 0 Å².